The van der Waals surface area contributed by atoms with Gasteiger partial charge < -0.3 is 9.32 Å². The van der Waals surface area contributed by atoms with Crippen molar-refractivity contribution in [2.24, 2.45) is 0 Å². The number of carbonyl (C=O) groups is 1. The first-order chi connectivity index (χ1) is 10.9. The molecule has 124 valence electrons. The molecule has 0 aliphatic carbocycles. The Hall–Kier alpha value is -1.89. The van der Waals surface area contributed by atoms with Gasteiger partial charge in [-0.05, 0) is 52.0 Å². The SMILES string of the molecule is CC(C)N(C(=O)CSc1nnc(-c2ccc(F)cc2)o1)C(C)C. The van der Waals surface area contributed by atoms with E-state index in [4.69, 9.17) is 4.42 Å². The molecule has 7 heteroatoms. The van der Waals surface area contributed by atoms with Crippen molar-refractivity contribution < 1.29 is 13.6 Å². The molecule has 0 aliphatic heterocycles. The molecule has 23 heavy (non-hydrogen) atoms. The summed E-state index contributed by atoms with van der Waals surface area (Å²) in [6.45, 7) is 7.95. The molecule has 0 bridgehead atoms. The predicted molar refractivity (Wildman–Crippen MR) is 87.5 cm³/mol. The molecule has 0 aliphatic rings. The van der Waals surface area contributed by atoms with Crippen molar-refractivity contribution in [3.05, 3.63) is 30.1 Å². The molecule has 0 N–H and O–H groups in total. The number of halogens is 1. The molecule has 0 fully saturated rings. The van der Waals surface area contributed by atoms with E-state index in [1.54, 1.807) is 12.1 Å². The minimum Gasteiger partial charge on any atom is -0.411 e. The number of nitrogens with zero attached hydrogens (tertiary/aromatic N) is 3. The molecule has 0 saturated carbocycles. The van der Waals surface area contributed by atoms with Crippen molar-refractivity contribution in [1.29, 1.82) is 0 Å². The third-order valence-corrected chi connectivity index (χ3v) is 4.02. The van der Waals surface area contributed by atoms with E-state index in [0.717, 1.165) is 0 Å². The number of carbonyl (C=O) groups excluding carboxylic acids is 1. The molecule has 0 unspecified atom stereocenters. The average molecular weight is 337 g/mol. The van der Waals surface area contributed by atoms with Crippen molar-refractivity contribution in [1.82, 2.24) is 15.1 Å². The maximum atomic E-state index is 12.9. The van der Waals surface area contributed by atoms with Gasteiger partial charge in [0.1, 0.15) is 5.82 Å². The average Bonchev–Trinajstić information content (AvgIpc) is 2.94. The second-order valence-electron chi connectivity index (χ2n) is 5.66. The van der Waals surface area contributed by atoms with Crippen LogP contribution in [-0.2, 0) is 4.79 Å². The van der Waals surface area contributed by atoms with E-state index >= 15 is 0 Å². The van der Waals surface area contributed by atoms with Gasteiger partial charge in [0.25, 0.3) is 5.22 Å². The lowest BCUT2D eigenvalue weighted by atomic mass is 10.2. The molecule has 0 spiro atoms. The Morgan fingerprint density at radius 3 is 2.35 bits per heavy atom. The van der Waals surface area contributed by atoms with Crippen LogP contribution < -0.4 is 0 Å². The predicted octanol–water partition coefficient (Wildman–Crippen LogP) is 3.61. The summed E-state index contributed by atoms with van der Waals surface area (Å²) < 4.78 is 18.4. The maximum absolute atomic E-state index is 12.9. The molecule has 1 aromatic heterocycles. The Morgan fingerprint density at radius 1 is 1.17 bits per heavy atom. The summed E-state index contributed by atoms with van der Waals surface area (Å²) in [7, 11) is 0. The van der Waals surface area contributed by atoms with Crippen molar-refractivity contribution in [3.63, 3.8) is 0 Å². The summed E-state index contributed by atoms with van der Waals surface area (Å²) in [6.07, 6.45) is 0. The van der Waals surface area contributed by atoms with Crippen LogP contribution in [0.15, 0.2) is 33.9 Å². The fourth-order valence-electron chi connectivity index (χ4n) is 2.35. The number of hydrogen-bond donors (Lipinski definition) is 0. The van der Waals surface area contributed by atoms with Gasteiger partial charge >= 0.3 is 0 Å². The third-order valence-electron chi connectivity index (χ3n) is 3.22. The van der Waals surface area contributed by atoms with Crippen molar-refractivity contribution in [2.75, 3.05) is 5.75 Å². The van der Waals surface area contributed by atoms with Crippen LogP contribution >= 0.6 is 11.8 Å². The zero-order chi connectivity index (χ0) is 17.0. The van der Waals surface area contributed by atoms with Crippen LogP contribution in [0.4, 0.5) is 4.39 Å². The summed E-state index contributed by atoms with van der Waals surface area (Å²) in [4.78, 5) is 14.1. The van der Waals surface area contributed by atoms with Crippen LogP contribution in [0.2, 0.25) is 0 Å². The molecule has 0 saturated heterocycles. The molecule has 0 atom stereocenters. The lowest BCUT2D eigenvalue weighted by Gasteiger charge is -2.30. The number of thioether (sulfide) groups is 1. The van der Waals surface area contributed by atoms with E-state index in [1.165, 1.54) is 23.9 Å². The monoisotopic (exact) mass is 337 g/mol. The molecule has 1 heterocycles. The zero-order valence-corrected chi connectivity index (χ0v) is 14.4. The van der Waals surface area contributed by atoms with E-state index in [9.17, 15) is 9.18 Å². The Kier molecular flexibility index (Phi) is 5.76. The first-order valence-corrected chi connectivity index (χ1v) is 8.40. The summed E-state index contributed by atoms with van der Waals surface area (Å²) in [5.74, 6) is 0.253. The van der Waals surface area contributed by atoms with Gasteiger partial charge in [-0.3, -0.25) is 4.79 Å². The van der Waals surface area contributed by atoms with Crippen molar-refractivity contribution >= 4 is 17.7 Å². The standard InChI is InChI=1S/C16H20FN3O2S/c1-10(2)20(11(3)4)14(21)9-23-16-19-18-15(22-16)12-5-7-13(17)8-6-12/h5-8,10-11H,9H2,1-4H3. The van der Waals surface area contributed by atoms with E-state index < -0.39 is 0 Å². The minimum absolute atomic E-state index is 0.0292. The van der Waals surface area contributed by atoms with Crippen LogP contribution in [0.5, 0.6) is 0 Å². The lowest BCUT2D eigenvalue weighted by Crippen LogP contribution is -2.43. The van der Waals surface area contributed by atoms with Crippen LogP contribution in [-0.4, -0.2) is 38.8 Å². The van der Waals surface area contributed by atoms with E-state index in [0.29, 0.717) is 16.7 Å². The minimum atomic E-state index is -0.323. The molecule has 0 radical (unpaired) electrons. The first-order valence-electron chi connectivity index (χ1n) is 7.42. The van der Waals surface area contributed by atoms with Gasteiger partial charge in [-0.15, -0.1) is 10.2 Å². The van der Waals surface area contributed by atoms with Gasteiger partial charge in [0.05, 0.1) is 5.75 Å². The number of benzene rings is 1. The second-order valence-corrected chi connectivity index (χ2v) is 6.58. The Labute approximate surface area is 139 Å². The van der Waals surface area contributed by atoms with Crippen LogP contribution in [0.3, 0.4) is 0 Å². The van der Waals surface area contributed by atoms with E-state index in [-0.39, 0.29) is 29.6 Å². The highest BCUT2D eigenvalue weighted by molar-refractivity contribution is 7.99. The highest BCUT2D eigenvalue weighted by Gasteiger charge is 2.21. The summed E-state index contributed by atoms with van der Waals surface area (Å²) in [5, 5.41) is 8.17. The molecular weight excluding hydrogens is 317 g/mol. The number of aromatic nitrogens is 2. The molecule has 2 aromatic rings. The zero-order valence-electron chi connectivity index (χ0n) is 13.6. The summed E-state index contributed by atoms with van der Waals surface area (Å²) in [6, 6.07) is 6.09. The Balaban J connectivity index is 1.99. The van der Waals surface area contributed by atoms with Crippen LogP contribution in [0, 0.1) is 5.82 Å². The highest BCUT2D eigenvalue weighted by Crippen LogP contribution is 2.24. The molecular formula is C16H20FN3O2S. The van der Waals surface area contributed by atoms with Gasteiger partial charge in [0.15, 0.2) is 0 Å². The van der Waals surface area contributed by atoms with Gasteiger partial charge in [0.2, 0.25) is 11.8 Å². The number of rotatable bonds is 6. The highest BCUT2D eigenvalue weighted by atomic mass is 32.2. The van der Waals surface area contributed by atoms with Crippen LogP contribution in [0.1, 0.15) is 27.7 Å². The van der Waals surface area contributed by atoms with Crippen molar-refractivity contribution in [2.45, 2.75) is 45.0 Å². The van der Waals surface area contributed by atoms with E-state index in [2.05, 4.69) is 10.2 Å². The lowest BCUT2D eigenvalue weighted by molar-refractivity contribution is -0.131. The van der Waals surface area contributed by atoms with Gasteiger partial charge in [0, 0.05) is 17.6 Å². The quantitative estimate of drug-likeness (QED) is 0.754. The summed E-state index contributed by atoms with van der Waals surface area (Å²) in [5.41, 5.74) is 0.642. The molecule has 1 amide bonds. The van der Waals surface area contributed by atoms with E-state index in [1.807, 2.05) is 32.6 Å². The smallest absolute Gasteiger partial charge is 0.277 e. The van der Waals surface area contributed by atoms with Crippen LogP contribution in [0.25, 0.3) is 11.5 Å². The largest absolute Gasteiger partial charge is 0.411 e. The maximum Gasteiger partial charge on any atom is 0.277 e. The summed E-state index contributed by atoms with van der Waals surface area (Å²) >= 11 is 1.20. The second kappa shape index (κ2) is 7.59. The van der Waals surface area contributed by atoms with Crippen molar-refractivity contribution in [3.8, 4) is 11.5 Å². The molecule has 1 aromatic carbocycles. The van der Waals surface area contributed by atoms with Gasteiger partial charge in [-0.2, -0.15) is 0 Å². The number of hydrogen-bond acceptors (Lipinski definition) is 5. The Bertz CT molecular complexity index is 648. The third kappa shape index (κ3) is 4.54. The Morgan fingerprint density at radius 2 is 1.78 bits per heavy atom. The van der Waals surface area contributed by atoms with Gasteiger partial charge in [-0.1, -0.05) is 11.8 Å². The molecule has 5 nitrogen and oxygen atoms in total. The fourth-order valence-corrected chi connectivity index (χ4v) is 2.98. The normalized spacial score (nSPS) is 11.3. The fraction of sp³-hybridized carbons (Fsp3) is 0.438. The topological polar surface area (TPSA) is 59.2 Å². The molecule has 2 rings (SSSR count). The first kappa shape index (κ1) is 17.5. The van der Waals surface area contributed by atoms with Gasteiger partial charge in [-0.25, -0.2) is 4.39 Å². The number of amides is 1.